The topological polar surface area (TPSA) is 95.9 Å². The van der Waals surface area contributed by atoms with Gasteiger partial charge in [-0.3, -0.25) is 4.79 Å². The highest BCUT2D eigenvalue weighted by Crippen LogP contribution is 2.63. The second-order valence-corrected chi connectivity index (χ2v) is 6.96. The van der Waals surface area contributed by atoms with Gasteiger partial charge in [-0.2, -0.15) is 0 Å². The molecule has 0 aromatic heterocycles. The quantitative estimate of drug-likeness (QED) is 0.698. The van der Waals surface area contributed by atoms with Gasteiger partial charge in [0, 0.05) is 6.42 Å². The predicted octanol–water partition coefficient (Wildman–Crippen LogP) is 3.33. The minimum atomic E-state index is -2.80. The van der Waals surface area contributed by atoms with E-state index in [1.807, 2.05) is 30.3 Å². The first-order valence-corrected chi connectivity index (χ1v) is 8.96. The van der Waals surface area contributed by atoms with E-state index in [0.29, 0.717) is 19.3 Å². The normalized spacial score (nSPS) is 25.4. The Bertz CT molecular complexity index is 655. The summed E-state index contributed by atoms with van der Waals surface area (Å²) in [5.74, 6) is -3.84. The minimum absolute atomic E-state index is 0.0909. The molecule has 3 unspecified atom stereocenters. The van der Waals surface area contributed by atoms with Crippen molar-refractivity contribution in [2.75, 3.05) is 0 Å². The van der Waals surface area contributed by atoms with E-state index >= 15 is 0 Å². The van der Waals surface area contributed by atoms with Gasteiger partial charge in [-0.25, -0.2) is 13.6 Å². The summed E-state index contributed by atoms with van der Waals surface area (Å²) in [6.07, 6.45) is -0.369. The van der Waals surface area contributed by atoms with Crippen LogP contribution in [0.5, 0.6) is 0 Å². The van der Waals surface area contributed by atoms with Crippen LogP contribution < -0.4 is 5.32 Å². The number of alkyl carbamates (subject to hydrolysis) is 1. The van der Waals surface area contributed by atoms with Crippen molar-refractivity contribution in [2.24, 2.45) is 5.92 Å². The second kappa shape index (κ2) is 8.65. The van der Waals surface area contributed by atoms with E-state index < -0.39 is 29.6 Å². The Balaban J connectivity index is 0.000000279. The molecule has 150 valence electrons. The number of carboxylic acids is 1. The van der Waals surface area contributed by atoms with E-state index in [-0.39, 0.29) is 25.4 Å². The Morgan fingerprint density at radius 1 is 1.33 bits per heavy atom. The van der Waals surface area contributed by atoms with Crippen LogP contribution in [0.15, 0.2) is 30.3 Å². The van der Waals surface area contributed by atoms with Crippen LogP contribution in [0.1, 0.15) is 44.6 Å². The van der Waals surface area contributed by atoms with Gasteiger partial charge in [0.2, 0.25) is 0 Å². The maximum Gasteiger partial charge on any atom is 0.408 e. The van der Waals surface area contributed by atoms with E-state index in [9.17, 15) is 18.4 Å². The zero-order valence-electron chi connectivity index (χ0n) is 15.2. The third-order valence-electron chi connectivity index (χ3n) is 4.98. The molecular formula is C19H25F2NO5. The fourth-order valence-corrected chi connectivity index (χ4v) is 3.24. The average molecular weight is 385 g/mol. The molecule has 0 bridgehead atoms. The first-order valence-electron chi connectivity index (χ1n) is 8.96. The predicted molar refractivity (Wildman–Crippen MR) is 93.3 cm³/mol. The molecule has 0 aliphatic heterocycles. The summed E-state index contributed by atoms with van der Waals surface area (Å²) < 4.78 is 32.4. The Morgan fingerprint density at radius 2 is 2.00 bits per heavy atom. The maximum absolute atomic E-state index is 13.7. The first kappa shape index (κ1) is 21.1. The number of carboxylic acid groups (broad SMARTS) is 1. The van der Waals surface area contributed by atoms with Gasteiger partial charge in [0.1, 0.15) is 12.1 Å². The van der Waals surface area contributed by atoms with Crippen molar-refractivity contribution in [3.05, 3.63) is 35.9 Å². The van der Waals surface area contributed by atoms with Crippen molar-refractivity contribution in [1.82, 2.24) is 5.32 Å². The van der Waals surface area contributed by atoms with Crippen molar-refractivity contribution in [2.45, 2.75) is 63.2 Å². The van der Waals surface area contributed by atoms with Gasteiger partial charge in [0.25, 0.3) is 5.92 Å². The summed E-state index contributed by atoms with van der Waals surface area (Å²) >= 11 is 0. The van der Waals surface area contributed by atoms with Crippen LogP contribution in [-0.2, 0) is 16.1 Å². The molecule has 2 saturated carbocycles. The van der Waals surface area contributed by atoms with Crippen molar-refractivity contribution in [3.8, 4) is 0 Å². The summed E-state index contributed by atoms with van der Waals surface area (Å²) in [6.45, 7) is 1.84. The van der Waals surface area contributed by atoms with Gasteiger partial charge < -0.3 is 20.3 Å². The van der Waals surface area contributed by atoms with Crippen molar-refractivity contribution >= 4 is 12.1 Å². The summed E-state index contributed by atoms with van der Waals surface area (Å²) in [5.41, 5.74) is -0.499. The number of aliphatic carboxylic acids is 1. The van der Waals surface area contributed by atoms with Gasteiger partial charge in [-0.1, -0.05) is 37.3 Å². The molecule has 3 rings (SSSR count). The molecule has 3 atom stereocenters. The van der Waals surface area contributed by atoms with E-state index in [0.717, 1.165) is 5.56 Å². The number of halogens is 2. The molecule has 0 radical (unpaired) electrons. The van der Waals surface area contributed by atoms with Crippen molar-refractivity contribution < 1.29 is 33.3 Å². The average Bonchev–Trinajstić information content (AvgIpc) is 3.28. The number of rotatable bonds is 6. The largest absolute Gasteiger partial charge is 0.481 e. The van der Waals surface area contributed by atoms with E-state index in [1.54, 1.807) is 6.92 Å². The molecular weight excluding hydrogens is 360 g/mol. The molecule has 1 amide bonds. The minimum Gasteiger partial charge on any atom is -0.481 e. The summed E-state index contributed by atoms with van der Waals surface area (Å²) in [5, 5.41) is 19.1. The van der Waals surface area contributed by atoms with E-state index in [1.165, 1.54) is 0 Å². The number of aliphatic hydroxyl groups is 1. The fourth-order valence-electron chi connectivity index (χ4n) is 3.24. The monoisotopic (exact) mass is 385 g/mol. The molecule has 8 heteroatoms. The summed E-state index contributed by atoms with van der Waals surface area (Å²) in [7, 11) is 0. The van der Waals surface area contributed by atoms with Gasteiger partial charge >= 0.3 is 12.1 Å². The van der Waals surface area contributed by atoms with Crippen LogP contribution in [0.3, 0.4) is 0 Å². The van der Waals surface area contributed by atoms with Crippen LogP contribution >= 0.6 is 0 Å². The molecule has 2 aliphatic carbocycles. The lowest BCUT2D eigenvalue weighted by Gasteiger charge is -2.23. The Kier molecular flexibility index (Phi) is 6.75. The smallest absolute Gasteiger partial charge is 0.408 e. The lowest BCUT2D eigenvalue weighted by atomic mass is 10.1. The fraction of sp³-hybridized carbons (Fsp3) is 0.579. The molecule has 2 aliphatic rings. The molecule has 3 N–H and O–H groups in total. The van der Waals surface area contributed by atoms with Crippen LogP contribution in [-0.4, -0.2) is 39.8 Å². The lowest BCUT2D eigenvalue weighted by molar-refractivity contribution is -0.139. The number of alkyl halides is 2. The van der Waals surface area contributed by atoms with Crippen molar-refractivity contribution in [1.29, 1.82) is 0 Å². The third-order valence-corrected chi connectivity index (χ3v) is 4.98. The number of carbonyl (C=O) groups is 2. The number of ether oxygens (including phenoxy) is 1. The van der Waals surface area contributed by atoms with Gasteiger partial charge in [-0.05, 0) is 30.7 Å². The number of amides is 1. The Morgan fingerprint density at radius 3 is 2.44 bits per heavy atom. The Labute approximate surface area is 156 Å². The number of benzene rings is 1. The molecule has 1 aromatic rings. The molecule has 27 heavy (non-hydrogen) atoms. The van der Waals surface area contributed by atoms with Crippen LogP contribution in [0.2, 0.25) is 0 Å². The number of nitrogens with one attached hydrogen (secondary N) is 1. The summed E-state index contributed by atoms with van der Waals surface area (Å²) in [6, 6.07) is 9.15. The number of carbonyl (C=O) groups excluding carboxylic acids is 1. The molecule has 0 saturated heterocycles. The number of aliphatic hydroxyl groups excluding tert-OH is 1. The maximum atomic E-state index is 13.7. The molecule has 1 aromatic carbocycles. The van der Waals surface area contributed by atoms with Crippen LogP contribution in [0.4, 0.5) is 13.6 Å². The zero-order valence-corrected chi connectivity index (χ0v) is 15.2. The molecule has 2 fully saturated rings. The highest BCUT2D eigenvalue weighted by molar-refractivity contribution is 5.70. The third kappa shape index (κ3) is 5.38. The van der Waals surface area contributed by atoms with Crippen LogP contribution in [0, 0.1) is 5.92 Å². The number of hydrogen-bond donors (Lipinski definition) is 3. The SMILES string of the molecule is CCC(O)CC(=O)O.O=C(NC12CC1CCC2(F)F)OCc1ccccc1. The second-order valence-electron chi connectivity index (χ2n) is 6.96. The molecule has 0 heterocycles. The van der Waals surface area contributed by atoms with Gasteiger partial charge in [0.05, 0.1) is 12.5 Å². The zero-order chi connectivity index (χ0) is 20.1. The van der Waals surface area contributed by atoms with Gasteiger partial charge in [0.15, 0.2) is 0 Å². The standard InChI is InChI=1S/C14H15F2NO2.C5H10O3/c15-14(16)7-6-11-8-13(11,14)17-12(18)19-9-10-4-2-1-3-5-10;1-2-4(6)3-5(7)8/h1-5,11H,6-9H2,(H,17,18);4,6H,2-3H2,1H3,(H,7,8). The van der Waals surface area contributed by atoms with E-state index in [4.69, 9.17) is 14.9 Å². The van der Waals surface area contributed by atoms with Gasteiger partial charge in [-0.15, -0.1) is 0 Å². The van der Waals surface area contributed by atoms with Crippen LogP contribution in [0.25, 0.3) is 0 Å². The number of fused-ring (bicyclic) bond motifs is 1. The molecule has 6 nitrogen and oxygen atoms in total. The highest BCUT2D eigenvalue weighted by atomic mass is 19.3. The lowest BCUT2D eigenvalue weighted by Crippen LogP contribution is -2.49. The Hall–Kier alpha value is -2.22. The summed E-state index contributed by atoms with van der Waals surface area (Å²) in [4.78, 5) is 21.4. The van der Waals surface area contributed by atoms with Crippen molar-refractivity contribution in [3.63, 3.8) is 0 Å². The number of hydrogen-bond acceptors (Lipinski definition) is 4. The van der Waals surface area contributed by atoms with E-state index in [2.05, 4.69) is 5.32 Å². The molecule has 0 spiro atoms. The highest BCUT2D eigenvalue weighted by Gasteiger charge is 2.74. The first-order chi connectivity index (χ1) is 12.7.